The number of halogens is 3. The maximum atomic E-state index is 13.4. The van der Waals surface area contributed by atoms with Crippen LogP contribution in [0.25, 0.3) is 27.8 Å². The van der Waals surface area contributed by atoms with Crippen LogP contribution >= 0.6 is 0 Å². The maximum absolute atomic E-state index is 13.4. The molecular formula is C25H23F3N4O. The molecule has 0 aliphatic carbocycles. The van der Waals surface area contributed by atoms with E-state index in [0.29, 0.717) is 24.4 Å². The van der Waals surface area contributed by atoms with Gasteiger partial charge in [-0.1, -0.05) is 36.4 Å². The Kier molecular flexibility index (Phi) is 5.32. The third-order valence-corrected chi connectivity index (χ3v) is 5.82. The van der Waals surface area contributed by atoms with Crippen molar-refractivity contribution in [3.05, 3.63) is 72.7 Å². The minimum Gasteiger partial charge on any atom is -0.372 e. The highest BCUT2D eigenvalue weighted by molar-refractivity contribution is 6.02. The van der Waals surface area contributed by atoms with Gasteiger partial charge < -0.3 is 14.2 Å². The second-order valence-electron chi connectivity index (χ2n) is 8.39. The normalized spacial score (nSPS) is 19.2. The lowest BCUT2D eigenvalue weighted by molar-refractivity contribution is -0.137. The van der Waals surface area contributed by atoms with Crippen LogP contribution in [0.3, 0.4) is 0 Å². The number of benzene rings is 2. The lowest BCUT2D eigenvalue weighted by atomic mass is 10.1. The SMILES string of the molecule is C[C@@H]1CN(c2ncnc3c2c(-c2ccccc2)cn3-c2cccc(C(F)(F)F)c2)C[C@H](C)O1. The van der Waals surface area contributed by atoms with Crippen LogP contribution in [0.2, 0.25) is 0 Å². The summed E-state index contributed by atoms with van der Waals surface area (Å²) in [4.78, 5) is 11.3. The first-order valence-corrected chi connectivity index (χ1v) is 10.8. The molecule has 2 aromatic carbocycles. The molecule has 3 heterocycles. The summed E-state index contributed by atoms with van der Waals surface area (Å²) in [7, 11) is 0. The smallest absolute Gasteiger partial charge is 0.372 e. The Bertz CT molecular complexity index is 1280. The fraction of sp³-hybridized carbons (Fsp3) is 0.280. The average molecular weight is 452 g/mol. The van der Waals surface area contributed by atoms with E-state index in [1.54, 1.807) is 10.6 Å². The molecule has 0 unspecified atom stereocenters. The Labute approximate surface area is 189 Å². The number of hydrogen-bond donors (Lipinski definition) is 0. The summed E-state index contributed by atoms with van der Waals surface area (Å²) in [6.07, 6.45) is -1.04. The maximum Gasteiger partial charge on any atom is 0.416 e. The zero-order chi connectivity index (χ0) is 23.2. The number of alkyl halides is 3. The molecule has 1 aliphatic rings. The van der Waals surface area contributed by atoms with Crippen molar-refractivity contribution in [3.63, 3.8) is 0 Å². The van der Waals surface area contributed by atoms with Crippen molar-refractivity contribution in [2.45, 2.75) is 32.2 Å². The third-order valence-electron chi connectivity index (χ3n) is 5.82. The lowest BCUT2D eigenvalue weighted by Gasteiger charge is -2.36. The molecule has 5 rings (SSSR count). The predicted molar refractivity (Wildman–Crippen MR) is 122 cm³/mol. The molecule has 0 amide bonds. The lowest BCUT2D eigenvalue weighted by Crippen LogP contribution is -2.46. The fourth-order valence-corrected chi connectivity index (χ4v) is 4.50. The van der Waals surface area contributed by atoms with Crippen molar-refractivity contribution < 1.29 is 17.9 Å². The van der Waals surface area contributed by atoms with Crippen LogP contribution in [0.5, 0.6) is 0 Å². The minimum absolute atomic E-state index is 0.0319. The van der Waals surface area contributed by atoms with Crippen LogP contribution < -0.4 is 4.90 Å². The van der Waals surface area contributed by atoms with E-state index in [1.165, 1.54) is 12.4 Å². The van der Waals surface area contributed by atoms with Crippen LogP contribution in [0.4, 0.5) is 19.0 Å². The summed E-state index contributed by atoms with van der Waals surface area (Å²) in [5.41, 5.74) is 2.06. The molecule has 170 valence electrons. The topological polar surface area (TPSA) is 43.2 Å². The van der Waals surface area contributed by atoms with Crippen LogP contribution in [-0.4, -0.2) is 39.8 Å². The van der Waals surface area contributed by atoms with E-state index in [1.807, 2.05) is 50.4 Å². The van der Waals surface area contributed by atoms with Gasteiger partial charge in [0, 0.05) is 30.5 Å². The van der Waals surface area contributed by atoms with Gasteiger partial charge >= 0.3 is 6.18 Å². The van der Waals surface area contributed by atoms with Crippen LogP contribution in [0.1, 0.15) is 19.4 Å². The van der Waals surface area contributed by atoms with Gasteiger partial charge in [-0.3, -0.25) is 0 Å². The Morgan fingerprint density at radius 2 is 1.67 bits per heavy atom. The summed E-state index contributed by atoms with van der Waals surface area (Å²) in [5.74, 6) is 0.756. The molecule has 0 saturated carbocycles. The first-order valence-electron chi connectivity index (χ1n) is 10.8. The van der Waals surface area contributed by atoms with Crippen molar-refractivity contribution in [3.8, 4) is 16.8 Å². The molecule has 0 radical (unpaired) electrons. The Hall–Kier alpha value is -3.39. The molecule has 2 aromatic heterocycles. The highest BCUT2D eigenvalue weighted by Gasteiger charge is 2.31. The summed E-state index contributed by atoms with van der Waals surface area (Å²) in [6.45, 7) is 5.37. The van der Waals surface area contributed by atoms with Crippen LogP contribution in [-0.2, 0) is 10.9 Å². The molecule has 5 nitrogen and oxygen atoms in total. The molecule has 33 heavy (non-hydrogen) atoms. The van der Waals surface area contributed by atoms with E-state index in [4.69, 9.17) is 4.74 Å². The van der Waals surface area contributed by atoms with Crippen LogP contribution in [0.15, 0.2) is 67.1 Å². The molecule has 8 heteroatoms. The number of nitrogens with zero attached hydrogens (tertiary/aromatic N) is 4. The Morgan fingerprint density at radius 3 is 2.36 bits per heavy atom. The molecule has 0 bridgehead atoms. The van der Waals surface area contributed by atoms with Gasteiger partial charge in [0.15, 0.2) is 5.65 Å². The number of ether oxygens (including phenoxy) is 1. The number of anilines is 1. The number of aromatic nitrogens is 3. The van der Waals surface area contributed by atoms with E-state index in [9.17, 15) is 13.2 Å². The highest BCUT2D eigenvalue weighted by atomic mass is 19.4. The van der Waals surface area contributed by atoms with Crippen molar-refractivity contribution in [2.24, 2.45) is 0 Å². The number of fused-ring (bicyclic) bond motifs is 1. The Morgan fingerprint density at radius 1 is 0.939 bits per heavy atom. The number of rotatable bonds is 3. The average Bonchev–Trinajstić information content (AvgIpc) is 3.18. The van der Waals surface area contributed by atoms with E-state index in [0.717, 1.165) is 34.5 Å². The van der Waals surface area contributed by atoms with E-state index in [2.05, 4.69) is 14.9 Å². The standard InChI is InChI=1S/C25H23F3N4O/c1-16-12-31(13-17(2)33-16)23-22-21(18-7-4-3-5-8-18)14-32(24(22)30-15-29-23)20-10-6-9-19(11-20)25(26,27)28/h3-11,14-17H,12-13H2,1-2H3/t16-,17+. The largest absolute Gasteiger partial charge is 0.416 e. The van der Waals surface area contributed by atoms with E-state index < -0.39 is 11.7 Å². The van der Waals surface area contributed by atoms with Gasteiger partial charge in [0.05, 0.1) is 23.2 Å². The predicted octanol–water partition coefficient (Wildman–Crippen LogP) is 5.72. The summed E-state index contributed by atoms with van der Waals surface area (Å²) in [5, 5.41) is 0.808. The Balaban J connectivity index is 1.75. The first-order chi connectivity index (χ1) is 15.8. The van der Waals surface area contributed by atoms with Gasteiger partial charge in [-0.25, -0.2) is 9.97 Å². The summed E-state index contributed by atoms with van der Waals surface area (Å²) >= 11 is 0. The van der Waals surface area contributed by atoms with Gasteiger partial charge in [-0.05, 0) is 37.6 Å². The van der Waals surface area contributed by atoms with Gasteiger partial charge in [-0.15, -0.1) is 0 Å². The third kappa shape index (κ3) is 4.06. The van der Waals surface area contributed by atoms with Crippen LogP contribution in [0, 0.1) is 0 Å². The number of morpholine rings is 1. The molecule has 1 saturated heterocycles. The molecule has 0 N–H and O–H groups in total. The van der Waals surface area contributed by atoms with Gasteiger partial charge in [0.25, 0.3) is 0 Å². The van der Waals surface area contributed by atoms with Crippen molar-refractivity contribution in [1.29, 1.82) is 0 Å². The molecular weight excluding hydrogens is 429 g/mol. The monoisotopic (exact) mass is 452 g/mol. The second-order valence-corrected chi connectivity index (χ2v) is 8.39. The van der Waals surface area contributed by atoms with Crippen molar-refractivity contribution in [2.75, 3.05) is 18.0 Å². The number of hydrogen-bond acceptors (Lipinski definition) is 4. The van der Waals surface area contributed by atoms with E-state index in [-0.39, 0.29) is 12.2 Å². The van der Waals surface area contributed by atoms with Crippen molar-refractivity contribution in [1.82, 2.24) is 14.5 Å². The van der Waals surface area contributed by atoms with E-state index >= 15 is 0 Å². The molecule has 1 aliphatic heterocycles. The zero-order valence-electron chi connectivity index (χ0n) is 18.3. The molecule has 0 spiro atoms. The molecule has 1 fully saturated rings. The first kappa shape index (κ1) is 21.5. The zero-order valence-corrected chi connectivity index (χ0v) is 18.3. The summed E-state index contributed by atoms with van der Waals surface area (Å²) < 4.78 is 47.8. The summed E-state index contributed by atoms with van der Waals surface area (Å²) in [6, 6.07) is 15.1. The molecule has 4 aromatic rings. The van der Waals surface area contributed by atoms with Gasteiger partial charge in [0.2, 0.25) is 0 Å². The second kappa shape index (κ2) is 8.19. The van der Waals surface area contributed by atoms with Gasteiger partial charge in [0.1, 0.15) is 12.1 Å². The quantitative estimate of drug-likeness (QED) is 0.399. The molecule has 2 atom stereocenters. The fourth-order valence-electron chi connectivity index (χ4n) is 4.50. The van der Waals surface area contributed by atoms with Gasteiger partial charge in [-0.2, -0.15) is 13.2 Å². The highest BCUT2D eigenvalue weighted by Crippen LogP contribution is 2.38. The minimum atomic E-state index is -4.43. The van der Waals surface area contributed by atoms with Crippen molar-refractivity contribution >= 4 is 16.9 Å².